The second kappa shape index (κ2) is 10.1. The van der Waals surface area contributed by atoms with Crippen LogP contribution in [0.1, 0.15) is 45.2 Å². The zero-order valence-corrected chi connectivity index (χ0v) is 17.2. The maximum absolute atomic E-state index is 13.1. The van der Waals surface area contributed by atoms with Gasteiger partial charge in [-0.3, -0.25) is 19.6 Å². The van der Waals surface area contributed by atoms with Crippen molar-refractivity contribution in [3.05, 3.63) is 95.1 Å². The average molecular weight is 413 g/mol. The maximum Gasteiger partial charge on any atom is 0.256 e. The molecular formula is C24H23N5O2. The molecule has 7 heteroatoms. The first-order valence-electron chi connectivity index (χ1n) is 9.90. The third kappa shape index (κ3) is 5.31. The molecule has 156 valence electrons. The highest BCUT2D eigenvalue weighted by Crippen LogP contribution is 2.37. The normalized spacial score (nSPS) is 13.9. The summed E-state index contributed by atoms with van der Waals surface area (Å²) in [5.74, 6) is -0.843. The third-order valence-electron chi connectivity index (χ3n) is 5.09. The first-order valence-corrected chi connectivity index (χ1v) is 9.90. The van der Waals surface area contributed by atoms with E-state index >= 15 is 0 Å². The van der Waals surface area contributed by atoms with Gasteiger partial charge in [-0.25, -0.2) is 0 Å². The molecule has 31 heavy (non-hydrogen) atoms. The van der Waals surface area contributed by atoms with Gasteiger partial charge in [-0.05, 0) is 67.3 Å². The summed E-state index contributed by atoms with van der Waals surface area (Å²) in [7, 11) is 0. The minimum absolute atomic E-state index is 0.173. The topological polar surface area (TPSA) is 113 Å². The molecule has 2 N–H and O–H groups in total. The van der Waals surface area contributed by atoms with Crippen LogP contribution in [0.15, 0.2) is 67.1 Å². The van der Waals surface area contributed by atoms with Gasteiger partial charge in [0.25, 0.3) is 5.91 Å². The van der Waals surface area contributed by atoms with E-state index in [1.54, 1.807) is 49.8 Å². The number of amides is 2. The summed E-state index contributed by atoms with van der Waals surface area (Å²) in [5, 5.41) is 9.15. The lowest BCUT2D eigenvalue weighted by molar-refractivity contribution is -0.119. The van der Waals surface area contributed by atoms with Gasteiger partial charge in [0, 0.05) is 24.3 Å². The van der Waals surface area contributed by atoms with Gasteiger partial charge in [-0.1, -0.05) is 12.1 Å². The summed E-state index contributed by atoms with van der Waals surface area (Å²) in [6.07, 6.45) is 6.61. The van der Waals surface area contributed by atoms with Gasteiger partial charge in [0.2, 0.25) is 5.91 Å². The van der Waals surface area contributed by atoms with Crippen LogP contribution in [0.4, 0.5) is 0 Å². The number of carbonyl (C=O) groups is 2. The van der Waals surface area contributed by atoms with Crippen LogP contribution >= 0.6 is 0 Å². The first kappa shape index (κ1) is 21.7. The molecule has 0 aliphatic heterocycles. The molecule has 1 atom stereocenters. The maximum atomic E-state index is 13.1. The molecule has 0 saturated carbocycles. The van der Waals surface area contributed by atoms with Gasteiger partial charge < -0.3 is 10.6 Å². The Morgan fingerprint density at radius 1 is 1.16 bits per heavy atom. The van der Waals surface area contributed by atoms with E-state index in [4.69, 9.17) is 11.0 Å². The summed E-state index contributed by atoms with van der Waals surface area (Å²) in [5.41, 5.74) is 8.99. The lowest BCUT2D eigenvalue weighted by Gasteiger charge is -2.29. The summed E-state index contributed by atoms with van der Waals surface area (Å²) >= 11 is 0. The molecule has 2 heterocycles. The molecule has 3 aromatic rings. The van der Waals surface area contributed by atoms with Gasteiger partial charge in [0.15, 0.2) is 0 Å². The second-order valence-electron chi connectivity index (χ2n) is 7.14. The van der Waals surface area contributed by atoms with E-state index in [0.29, 0.717) is 23.2 Å². The largest absolute Gasteiger partial charge is 0.368 e. The molecule has 1 unspecified atom stereocenters. The van der Waals surface area contributed by atoms with E-state index in [2.05, 4.69) is 16.0 Å². The number of carbonyl (C=O) groups excluding carboxylic acids is 2. The number of aromatic nitrogens is 2. The fraction of sp³-hybridized carbons (Fsp3) is 0.208. The number of nitrogens with two attached hydrogens (primary N) is 1. The van der Waals surface area contributed by atoms with Gasteiger partial charge in [-0.15, -0.1) is 0 Å². The molecular weight excluding hydrogens is 390 g/mol. The Hall–Kier alpha value is -4.05. The van der Waals surface area contributed by atoms with Crippen LogP contribution in [0.2, 0.25) is 0 Å². The number of aryl methyl sites for hydroxylation is 2. The smallest absolute Gasteiger partial charge is 0.256 e. The van der Waals surface area contributed by atoms with Crippen LogP contribution in [0, 0.1) is 18.3 Å². The highest BCUT2D eigenvalue weighted by molar-refractivity contribution is 5.97. The summed E-state index contributed by atoms with van der Waals surface area (Å²) in [4.78, 5) is 34.1. The van der Waals surface area contributed by atoms with E-state index in [9.17, 15) is 9.59 Å². The molecule has 4 rings (SSSR count). The second-order valence-corrected chi connectivity index (χ2v) is 7.14. The first-order chi connectivity index (χ1) is 15.0. The zero-order chi connectivity index (χ0) is 22.2. The highest BCUT2D eigenvalue weighted by Gasteiger charge is 2.33. The molecule has 1 aromatic carbocycles. The lowest BCUT2D eigenvalue weighted by Crippen LogP contribution is -2.40. The van der Waals surface area contributed by atoms with Crippen LogP contribution in [0.5, 0.6) is 0 Å². The number of primary amides is 1. The van der Waals surface area contributed by atoms with Crippen molar-refractivity contribution in [2.45, 2.75) is 25.8 Å². The number of hydrogen-bond donors (Lipinski definition) is 1. The predicted molar refractivity (Wildman–Crippen MR) is 116 cm³/mol. The number of benzene rings is 1. The van der Waals surface area contributed by atoms with Gasteiger partial charge >= 0.3 is 0 Å². The van der Waals surface area contributed by atoms with Crippen molar-refractivity contribution in [2.75, 3.05) is 6.54 Å². The number of hydrogen-bond acceptors (Lipinski definition) is 5. The minimum atomic E-state index is -0.570. The number of pyridine rings is 2. The average Bonchev–Trinajstić information content (AvgIpc) is 3.21. The Morgan fingerprint density at radius 3 is 2.52 bits per heavy atom. The van der Waals surface area contributed by atoms with Crippen LogP contribution in [-0.4, -0.2) is 33.2 Å². The van der Waals surface area contributed by atoms with Crippen molar-refractivity contribution >= 4 is 11.8 Å². The fourth-order valence-electron chi connectivity index (χ4n) is 3.64. The van der Waals surface area contributed by atoms with Crippen LogP contribution < -0.4 is 5.73 Å². The van der Waals surface area contributed by atoms with Crippen molar-refractivity contribution in [3.63, 3.8) is 0 Å². The van der Waals surface area contributed by atoms with E-state index in [1.165, 1.54) is 4.90 Å². The van der Waals surface area contributed by atoms with Gasteiger partial charge in [0.05, 0.1) is 23.2 Å². The van der Waals surface area contributed by atoms with E-state index in [0.717, 1.165) is 17.5 Å². The summed E-state index contributed by atoms with van der Waals surface area (Å²) < 4.78 is 0. The van der Waals surface area contributed by atoms with E-state index in [1.807, 2.05) is 24.3 Å². The van der Waals surface area contributed by atoms with E-state index < -0.39 is 5.91 Å². The molecule has 2 amide bonds. The number of rotatable bonds is 4. The molecule has 0 saturated heterocycles. The van der Waals surface area contributed by atoms with E-state index in [-0.39, 0.29) is 18.5 Å². The molecule has 7 nitrogen and oxygen atoms in total. The standard InChI is InChI=1S/C19H18N4O2.C5H5N/c1-12-15(3-2-8-22-12)19(25)23(11-18(21)24)17-7-6-14-5-4-13(10-20)9-16(14)17;1-2-4-6-5-3-1/h2-5,8-9,17H,6-7,11H2,1H3,(H2,21,24);1-5H. The minimum Gasteiger partial charge on any atom is -0.368 e. The Kier molecular flexibility index (Phi) is 7.07. The molecule has 1 aliphatic rings. The third-order valence-corrected chi connectivity index (χ3v) is 5.09. The molecule has 0 fully saturated rings. The number of fused-ring (bicyclic) bond motifs is 1. The zero-order valence-electron chi connectivity index (χ0n) is 17.2. The van der Waals surface area contributed by atoms with Crippen LogP contribution in [0.3, 0.4) is 0 Å². The summed E-state index contributed by atoms with van der Waals surface area (Å²) in [6, 6.07) is 16.4. The van der Waals surface area contributed by atoms with Crippen molar-refractivity contribution in [1.29, 1.82) is 5.26 Å². The molecule has 2 aromatic heterocycles. The number of nitriles is 1. The molecule has 1 aliphatic carbocycles. The van der Waals surface area contributed by atoms with Crippen LogP contribution in [-0.2, 0) is 11.2 Å². The molecule has 0 bridgehead atoms. The lowest BCUT2D eigenvalue weighted by atomic mass is 10.0. The SMILES string of the molecule is Cc1ncccc1C(=O)N(CC(N)=O)C1CCc2ccc(C#N)cc21.c1ccncc1. The van der Waals surface area contributed by atoms with Crippen LogP contribution in [0.25, 0.3) is 0 Å². The monoisotopic (exact) mass is 413 g/mol. The van der Waals surface area contributed by atoms with Gasteiger partial charge in [-0.2, -0.15) is 5.26 Å². The highest BCUT2D eigenvalue weighted by atomic mass is 16.2. The Morgan fingerprint density at radius 2 is 1.94 bits per heavy atom. The molecule has 0 radical (unpaired) electrons. The summed E-state index contributed by atoms with van der Waals surface area (Å²) in [6.45, 7) is 1.58. The Bertz CT molecular complexity index is 1080. The number of nitrogens with zero attached hydrogens (tertiary/aromatic N) is 4. The van der Waals surface area contributed by atoms with Crippen molar-refractivity contribution in [2.24, 2.45) is 5.73 Å². The van der Waals surface area contributed by atoms with Crippen molar-refractivity contribution in [3.8, 4) is 6.07 Å². The van der Waals surface area contributed by atoms with Crippen molar-refractivity contribution < 1.29 is 9.59 Å². The molecule has 0 spiro atoms. The Labute approximate surface area is 181 Å². The fourth-order valence-corrected chi connectivity index (χ4v) is 3.64. The quantitative estimate of drug-likeness (QED) is 0.706. The van der Waals surface area contributed by atoms with Crippen molar-refractivity contribution in [1.82, 2.24) is 14.9 Å². The predicted octanol–water partition coefficient (Wildman–Crippen LogP) is 2.96. The Balaban J connectivity index is 0.000000391. The van der Waals surface area contributed by atoms with Gasteiger partial charge in [0.1, 0.15) is 6.54 Å².